The van der Waals surface area contributed by atoms with E-state index in [1.54, 1.807) is 40.1 Å². The third-order valence-corrected chi connectivity index (χ3v) is 5.76. The molecule has 0 aliphatic carbocycles. The Morgan fingerprint density at radius 2 is 1.81 bits per heavy atom. The van der Waals surface area contributed by atoms with Crippen molar-refractivity contribution in [2.75, 3.05) is 38.2 Å². The van der Waals surface area contributed by atoms with Gasteiger partial charge in [0, 0.05) is 30.9 Å². The first kappa shape index (κ1) is 21.8. The maximum Gasteiger partial charge on any atom is 0.260 e. The summed E-state index contributed by atoms with van der Waals surface area (Å²) in [6, 6.07) is 13.7. The van der Waals surface area contributed by atoms with Gasteiger partial charge in [-0.05, 0) is 42.3 Å². The highest BCUT2D eigenvalue weighted by Gasteiger charge is 2.35. The molecule has 0 bridgehead atoms. The number of amides is 3. The Morgan fingerprint density at radius 1 is 1.09 bits per heavy atom. The van der Waals surface area contributed by atoms with Gasteiger partial charge in [0.2, 0.25) is 5.91 Å². The van der Waals surface area contributed by atoms with Crippen LogP contribution in [-0.2, 0) is 20.9 Å². The van der Waals surface area contributed by atoms with E-state index in [4.69, 9.17) is 9.47 Å². The van der Waals surface area contributed by atoms with Gasteiger partial charge >= 0.3 is 0 Å². The second-order valence-corrected chi connectivity index (χ2v) is 7.81. The van der Waals surface area contributed by atoms with Gasteiger partial charge in [0.25, 0.3) is 11.8 Å². The van der Waals surface area contributed by atoms with Crippen LogP contribution in [-0.4, -0.2) is 66.5 Å². The number of hydrogen-bond acceptors (Lipinski definition) is 5. The third kappa shape index (κ3) is 4.75. The number of carbonyl (C=O) groups is 3. The van der Waals surface area contributed by atoms with Crippen LogP contribution in [0, 0.1) is 0 Å². The zero-order chi connectivity index (χ0) is 22.5. The zero-order valence-electron chi connectivity index (χ0n) is 18.1. The summed E-state index contributed by atoms with van der Waals surface area (Å²) in [5, 5.41) is 2.88. The summed E-state index contributed by atoms with van der Waals surface area (Å²) in [5.41, 5.74) is 2.20. The molecule has 4 rings (SSSR count). The van der Waals surface area contributed by atoms with E-state index in [2.05, 4.69) is 5.32 Å². The molecule has 2 aromatic carbocycles. The summed E-state index contributed by atoms with van der Waals surface area (Å²) in [6.45, 7) is 4.55. The normalized spacial score (nSPS) is 16.5. The quantitative estimate of drug-likeness (QED) is 0.718. The summed E-state index contributed by atoms with van der Waals surface area (Å²) >= 11 is 0. The lowest BCUT2D eigenvalue weighted by Gasteiger charge is -2.26. The van der Waals surface area contributed by atoms with Gasteiger partial charge in [0.1, 0.15) is 11.8 Å². The molecule has 1 saturated heterocycles. The molecule has 0 saturated carbocycles. The molecule has 0 radical (unpaired) electrons. The van der Waals surface area contributed by atoms with Crippen molar-refractivity contribution in [2.24, 2.45) is 0 Å². The predicted octanol–water partition coefficient (Wildman–Crippen LogP) is 2.30. The van der Waals surface area contributed by atoms with Crippen LogP contribution in [0.15, 0.2) is 48.5 Å². The Morgan fingerprint density at radius 3 is 2.50 bits per heavy atom. The summed E-state index contributed by atoms with van der Waals surface area (Å²) < 4.78 is 10.8. The lowest BCUT2D eigenvalue weighted by atomic mass is 10.1. The van der Waals surface area contributed by atoms with E-state index in [0.717, 1.165) is 5.56 Å². The van der Waals surface area contributed by atoms with E-state index in [1.807, 2.05) is 25.1 Å². The van der Waals surface area contributed by atoms with Gasteiger partial charge in [-0.15, -0.1) is 0 Å². The highest BCUT2D eigenvalue weighted by molar-refractivity contribution is 6.03. The van der Waals surface area contributed by atoms with Crippen LogP contribution in [0.1, 0.15) is 29.3 Å². The fourth-order valence-corrected chi connectivity index (χ4v) is 3.99. The number of anilines is 1. The average Bonchev–Trinajstić information content (AvgIpc) is 3.16. The number of fused-ring (bicyclic) bond motifs is 1. The number of carbonyl (C=O) groups excluding carboxylic acids is 3. The smallest absolute Gasteiger partial charge is 0.260 e. The number of ether oxygens (including phenoxy) is 2. The maximum absolute atomic E-state index is 12.9. The van der Waals surface area contributed by atoms with E-state index in [-0.39, 0.29) is 24.3 Å². The second kappa shape index (κ2) is 9.82. The molecule has 1 unspecified atom stereocenters. The Balaban J connectivity index is 1.32. The van der Waals surface area contributed by atoms with Gasteiger partial charge in [-0.2, -0.15) is 0 Å². The minimum atomic E-state index is -0.558. The average molecular weight is 437 g/mol. The Kier molecular flexibility index (Phi) is 6.70. The van der Waals surface area contributed by atoms with Crippen LogP contribution in [0.2, 0.25) is 0 Å². The molecular weight excluding hydrogens is 410 g/mol. The maximum atomic E-state index is 12.9. The SMILES string of the molecule is CCC(C(=O)Nc1ccc(OCC(=O)N2CCOCC2)cc1)N1Cc2ccccc2C1=O. The number of nitrogens with zero attached hydrogens (tertiary/aromatic N) is 2. The lowest BCUT2D eigenvalue weighted by molar-refractivity contribution is -0.137. The van der Waals surface area contributed by atoms with Crippen molar-refractivity contribution in [3.8, 4) is 5.75 Å². The molecular formula is C24H27N3O5. The van der Waals surface area contributed by atoms with Crippen LogP contribution >= 0.6 is 0 Å². The first-order chi connectivity index (χ1) is 15.6. The van der Waals surface area contributed by atoms with Crippen LogP contribution in [0.25, 0.3) is 0 Å². The topological polar surface area (TPSA) is 88.2 Å². The van der Waals surface area contributed by atoms with Crippen molar-refractivity contribution in [1.82, 2.24) is 9.80 Å². The molecule has 8 heteroatoms. The molecule has 168 valence electrons. The molecule has 2 aliphatic heterocycles. The Bertz CT molecular complexity index is 985. The van der Waals surface area contributed by atoms with Gasteiger partial charge in [-0.1, -0.05) is 25.1 Å². The molecule has 1 N–H and O–H groups in total. The van der Waals surface area contributed by atoms with Gasteiger partial charge < -0.3 is 24.6 Å². The predicted molar refractivity (Wildman–Crippen MR) is 118 cm³/mol. The molecule has 1 fully saturated rings. The molecule has 3 amide bonds. The molecule has 8 nitrogen and oxygen atoms in total. The van der Waals surface area contributed by atoms with Crippen molar-refractivity contribution in [3.05, 3.63) is 59.7 Å². The van der Waals surface area contributed by atoms with Crippen LogP contribution in [0.5, 0.6) is 5.75 Å². The summed E-state index contributed by atoms with van der Waals surface area (Å²) in [7, 11) is 0. The monoisotopic (exact) mass is 437 g/mol. The fraction of sp³-hybridized carbons (Fsp3) is 0.375. The molecule has 0 aromatic heterocycles. The van der Waals surface area contributed by atoms with E-state index < -0.39 is 6.04 Å². The van der Waals surface area contributed by atoms with E-state index in [0.29, 0.717) is 56.3 Å². The minimum Gasteiger partial charge on any atom is -0.484 e. The van der Waals surface area contributed by atoms with Crippen LogP contribution < -0.4 is 10.1 Å². The highest BCUT2D eigenvalue weighted by Crippen LogP contribution is 2.26. The summed E-state index contributed by atoms with van der Waals surface area (Å²) in [4.78, 5) is 41.2. The standard InChI is InChI=1S/C24H27N3O5/c1-2-21(27-15-17-5-3-4-6-20(17)24(27)30)23(29)25-18-7-9-19(10-8-18)32-16-22(28)26-11-13-31-14-12-26/h3-10,21H,2,11-16H2,1H3,(H,25,29). The fourth-order valence-electron chi connectivity index (χ4n) is 3.99. The molecule has 2 aliphatic rings. The molecule has 2 aromatic rings. The largest absolute Gasteiger partial charge is 0.484 e. The van der Waals surface area contributed by atoms with Crippen LogP contribution in [0.4, 0.5) is 5.69 Å². The van der Waals surface area contributed by atoms with Crippen molar-refractivity contribution in [3.63, 3.8) is 0 Å². The zero-order valence-corrected chi connectivity index (χ0v) is 18.1. The van der Waals surface area contributed by atoms with Gasteiger partial charge in [0.05, 0.1) is 13.2 Å². The number of nitrogens with one attached hydrogen (secondary N) is 1. The van der Waals surface area contributed by atoms with Crippen LogP contribution in [0.3, 0.4) is 0 Å². The van der Waals surface area contributed by atoms with E-state index in [1.165, 1.54) is 0 Å². The minimum absolute atomic E-state index is 0.0404. The van der Waals surface area contributed by atoms with E-state index in [9.17, 15) is 14.4 Å². The first-order valence-electron chi connectivity index (χ1n) is 10.8. The molecule has 2 heterocycles. The van der Waals surface area contributed by atoms with Gasteiger partial charge in [0.15, 0.2) is 6.61 Å². The highest BCUT2D eigenvalue weighted by atomic mass is 16.5. The summed E-state index contributed by atoms with van der Waals surface area (Å²) in [6.07, 6.45) is 0.510. The molecule has 0 spiro atoms. The first-order valence-corrected chi connectivity index (χ1v) is 10.8. The van der Waals surface area contributed by atoms with Crippen molar-refractivity contribution in [2.45, 2.75) is 25.9 Å². The number of rotatable bonds is 7. The van der Waals surface area contributed by atoms with Crippen molar-refractivity contribution in [1.29, 1.82) is 0 Å². The van der Waals surface area contributed by atoms with Crippen molar-refractivity contribution < 1.29 is 23.9 Å². The lowest BCUT2D eigenvalue weighted by Crippen LogP contribution is -2.43. The Labute approximate surface area is 187 Å². The molecule has 1 atom stereocenters. The number of morpholine rings is 1. The second-order valence-electron chi connectivity index (χ2n) is 7.81. The Hall–Kier alpha value is -3.39. The summed E-state index contributed by atoms with van der Waals surface area (Å²) in [5.74, 6) is 0.121. The number of benzene rings is 2. The van der Waals surface area contributed by atoms with Gasteiger partial charge in [-0.3, -0.25) is 14.4 Å². The van der Waals surface area contributed by atoms with E-state index >= 15 is 0 Å². The third-order valence-electron chi connectivity index (χ3n) is 5.76. The molecule has 32 heavy (non-hydrogen) atoms. The van der Waals surface area contributed by atoms with Crippen molar-refractivity contribution >= 4 is 23.4 Å². The van der Waals surface area contributed by atoms with Gasteiger partial charge in [-0.25, -0.2) is 0 Å². The number of hydrogen-bond donors (Lipinski definition) is 1.